The molecule has 0 saturated carbocycles. The molecular weight excluding hydrogens is 531 g/mol. The molecule has 0 aliphatic heterocycles. The average molecular weight is 569 g/mol. The molecular formula is C29H37FN6O5. The van der Waals surface area contributed by atoms with Crippen LogP contribution in [0.4, 0.5) is 14.9 Å². The Morgan fingerprint density at radius 1 is 1.22 bits per heavy atom. The molecule has 4 N–H and O–H groups in total. The maximum absolute atomic E-state index is 14.6. The third kappa shape index (κ3) is 7.59. The van der Waals surface area contributed by atoms with Crippen LogP contribution in [0.3, 0.4) is 0 Å². The van der Waals surface area contributed by atoms with Gasteiger partial charge in [0.2, 0.25) is 11.8 Å². The van der Waals surface area contributed by atoms with Gasteiger partial charge in [0.15, 0.2) is 0 Å². The normalized spacial score (nSPS) is 12.2. The van der Waals surface area contributed by atoms with Crippen molar-refractivity contribution in [3.63, 3.8) is 0 Å². The molecule has 0 radical (unpaired) electrons. The number of nitrogens with one attached hydrogen (secondary N) is 3. The topological polar surface area (TPSA) is 149 Å². The Morgan fingerprint density at radius 2 is 1.93 bits per heavy atom. The summed E-state index contributed by atoms with van der Waals surface area (Å²) in [6, 6.07) is 1.99. The van der Waals surface area contributed by atoms with Crippen LogP contribution in [-0.4, -0.2) is 62.6 Å². The first-order valence-corrected chi connectivity index (χ1v) is 13.3. The second-order valence-electron chi connectivity index (χ2n) is 10.6. The van der Waals surface area contributed by atoms with Crippen LogP contribution >= 0.6 is 0 Å². The number of hydrogen-bond acceptors (Lipinski definition) is 5. The van der Waals surface area contributed by atoms with Crippen LogP contribution in [0.1, 0.15) is 49.2 Å². The van der Waals surface area contributed by atoms with Crippen molar-refractivity contribution >= 4 is 34.6 Å². The van der Waals surface area contributed by atoms with E-state index in [4.69, 9.17) is 0 Å². The Balaban J connectivity index is 1.86. The highest BCUT2D eigenvalue weighted by molar-refractivity contribution is 5.96. The van der Waals surface area contributed by atoms with E-state index in [0.29, 0.717) is 34.4 Å². The fourth-order valence-corrected chi connectivity index (χ4v) is 4.45. The molecule has 3 aromatic heterocycles. The predicted octanol–water partition coefficient (Wildman–Crippen LogP) is 3.73. The summed E-state index contributed by atoms with van der Waals surface area (Å²) in [7, 11) is 3.20. The van der Waals surface area contributed by atoms with Gasteiger partial charge in [-0.3, -0.25) is 19.4 Å². The molecule has 12 heteroatoms. The minimum Gasteiger partial charge on any atom is -0.465 e. The summed E-state index contributed by atoms with van der Waals surface area (Å²) >= 11 is 0. The number of likely N-dealkylation sites (N-methyl/N-ethyl adjacent to an activating group) is 1. The van der Waals surface area contributed by atoms with Gasteiger partial charge in [0, 0.05) is 31.0 Å². The molecule has 0 aliphatic rings. The lowest BCUT2D eigenvalue weighted by atomic mass is 10.0. The minimum atomic E-state index is -1.39. The number of rotatable bonds is 11. The van der Waals surface area contributed by atoms with Gasteiger partial charge in [0.25, 0.3) is 5.56 Å². The van der Waals surface area contributed by atoms with Crippen LogP contribution in [0.5, 0.6) is 0 Å². The number of nitrogens with zero attached hydrogens (tertiary/aromatic N) is 3. The lowest BCUT2D eigenvalue weighted by Crippen LogP contribution is -2.44. The van der Waals surface area contributed by atoms with Gasteiger partial charge in [-0.05, 0) is 62.8 Å². The number of aromatic amines is 1. The van der Waals surface area contributed by atoms with Gasteiger partial charge in [0.05, 0.1) is 23.8 Å². The Morgan fingerprint density at radius 3 is 2.56 bits per heavy atom. The molecule has 0 saturated heterocycles. The van der Waals surface area contributed by atoms with E-state index in [0.717, 1.165) is 5.56 Å². The largest absolute Gasteiger partial charge is 0.465 e. The molecule has 3 rings (SSSR count). The zero-order chi connectivity index (χ0) is 30.4. The highest BCUT2D eigenvalue weighted by Crippen LogP contribution is 2.27. The predicted molar refractivity (Wildman–Crippen MR) is 155 cm³/mol. The van der Waals surface area contributed by atoms with E-state index in [1.165, 1.54) is 27.8 Å². The highest BCUT2D eigenvalue weighted by Gasteiger charge is 2.22. The molecule has 3 heterocycles. The van der Waals surface area contributed by atoms with Gasteiger partial charge in [-0.25, -0.2) is 9.18 Å². The lowest BCUT2D eigenvalue weighted by molar-refractivity contribution is -0.123. The van der Waals surface area contributed by atoms with Gasteiger partial charge >= 0.3 is 6.09 Å². The number of halogens is 1. The summed E-state index contributed by atoms with van der Waals surface area (Å²) in [6.07, 6.45) is 3.58. The first kappa shape index (κ1) is 31.1. The van der Waals surface area contributed by atoms with Gasteiger partial charge < -0.3 is 30.2 Å². The molecule has 0 spiro atoms. The fraction of sp³-hybridized carbons (Fsp3) is 0.414. The van der Waals surface area contributed by atoms with Crippen LogP contribution in [0.2, 0.25) is 0 Å². The summed E-state index contributed by atoms with van der Waals surface area (Å²) in [5, 5.41) is 13.9. The van der Waals surface area contributed by atoms with E-state index in [-0.39, 0.29) is 42.7 Å². The molecule has 220 valence electrons. The maximum atomic E-state index is 14.6. The zero-order valence-corrected chi connectivity index (χ0v) is 24.2. The smallest absolute Gasteiger partial charge is 0.405 e. The number of allylic oxidation sites excluding steroid dienone is 1. The van der Waals surface area contributed by atoms with Crippen LogP contribution in [0.15, 0.2) is 35.3 Å². The first-order chi connectivity index (χ1) is 19.3. The molecule has 0 unspecified atom stereocenters. The SMILES string of the molecule is Cc1c(Cn2c(C)ccc(NC(=O)[C@H](CC/C=C/C(=O)N(C)C)NC(=O)O)c2=O)[nH]c2c(CC(C)C)c(F)cnc12. The van der Waals surface area contributed by atoms with Crippen LogP contribution < -0.4 is 16.2 Å². The van der Waals surface area contributed by atoms with Crippen molar-refractivity contribution in [3.05, 3.63) is 69.2 Å². The lowest BCUT2D eigenvalue weighted by Gasteiger charge is -2.17. The van der Waals surface area contributed by atoms with Gasteiger partial charge in [-0.1, -0.05) is 19.9 Å². The number of carboxylic acid groups (broad SMARTS) is 1. The number of fused-ring (bicyclic) bond motifs is 1. The summed E-state index contributed by atoms with van der Waals surface area (Å²) in [6.45, 7) is 7.74. The van der Waals surface area contributed by atoms with Gasteiger partial charge in [0.1, 0.15) is 17.5 Å². The number of H-pyrrole nitrogens is 1. The van der Waals surface area contributed by atoms with E-state index in [1.54, 1.807) is 33.2 Å². The number of pyridine rings is 2. The van der Waals surface area contributed by atoms with E-state index >= 15 is 0 Å². The van der Waals surface area contributed by atoms with Crippen LogP contribution in [0.25, 0.3) is 11.0 Å². The summed E-state index contributed by atoms with van der Waals surface area (Å²) < 4.78 is 16.1. The second kappa shape index (κ2) is 13.2. The van der Waals surface area contributed by atoms with E-state index in [9.17, 15) is 28.7 Å². The maximum Gasteiger partial charge on any atom is 0.405 e. The molecule has 11 nitrogen and oxygen atoms in total. The van der Waals surface area contributed by atoms with Crippen molar-refractivity contribution < 1.29 is 23.9 Å². The summed E-state index contributed by atoms with van der Waals surface area (Å²) in [4.78, 5) is 58.4. The van der Waals surface area contributed by atoms with Gasteiger partial charge in [-0.15, -0.1) is 0 Å². The Hall–Kier alpha value is -4.48. The molecule has 3 amide bonds. The van der Waals surface area contributed by atoms with Crippen molar-refractivity contribution in [2.45, 2.75) is 59.5 Å². The van der Waals surface area contributed by atoms with Crippen molar-refractivity contribution in [3.8, 4) is 0 Å². The molecule has 0 fully saturated rings. The van der Waals surface area contributed by atoms with E-state index in [1.807, 2.05) is 20.8 Å². The Bertz CT molecular complexity index is 1540. The zero-order valence-electron chi connectivity index (χ0n) is 24.2. The second-order valence-corrected chi connectivity index (χ2v) is 10.6. The van der Waals surface area contributed by atoms with Gasteiger partial charge in [-0.2, -0.15) is 0 Å². The molecule has 1 atom stereocenters. The molecule has 0 bridgehead atoms. The third-order valence-electron chi connectivity index (χ3n) is 6.73. The summed E-state index contributed by atoms with van der Waals surface area (Å²) in [5.74, 6) is -1.10. The number of carbonyl (C=O) groups is 3. The monoisotopic (exact) mass is 568 g/mol. The summed E-state index contributed by atoms with van der Waals surface area (Å²) in [5.41, 5.74) is 3.38. The number of aromatic nitrogens is 3. The van der Waals surface area contributed by atoms with Crippen molar-refractivity contribution in [1.29, 1.82) is 0 Å². The molecule has 41 heavy (non-hydrogen) atoms. The fourth-order valence-electron chi connectivity index (χ4n) is 4.45. The van der Waals surface area contributed by atoms with Crippen molar-refractivity contribution in [2.75, 3.05) is 19.4 Å². The third-order valence-corrected chi connectivity index (χ3v) is 6.73. The van der Waals surface area contributed by atoms with Crippen molar-refractivity contribution in [1.82, 2.24) is 24.8 Å². The van der Waals surface area contributed by atoms with E-state index < -0.39 is 23.6 Å². The highest BCUT2D eigenvalue weighted by atomic mass is 19.1. The number of anilines is 1. The standard InChI is InChI=1S/C29H37FN6O5/c1-16(2)13-19-20(30)14-31-25-18(4)23(32-26(19)25)15-36-17(3)11-12-22(28(36)39)33-27(38)21(34-29(40)41)9-7-8-10-24(37)35(5)6/h8,10-12,14,16,21,32,34H,7,9,13,15H2,1-6H3,(H,33,38)(H,40,41)/b10-8+/t21-/m0/s1. The molecule has 0 aliphatic carbocycles. The van der Waals surface area contributed by atoms with E-state index in [2.05, 4.69) is 20.6 Å². The number of amides is 3. The number of aryl methyl sites for hydroxylation is 2. The Kier molecular flexibility index (Phi) is 10.0. The molecule has 3 aromatic rings. The quantitative estimate of drug-likeness (QED) is 0.259. The Labute approximate surface area is 237 Å². The first-order valence-electron chi connectivity index (χ1n) is 13.3. The van der Waals surface area contributed by atoms with Crippen LogP contribution in [0, 0.1) is 25.6 Å². The number of hydrogen-bond donors (Lipinski definition) is 4. The number of carbonyl (C=O) groups excluding carboxylic acids is 2. The molecule has 0 aromatic carbocycles. The van der Waals surface area contributed by atoms with Crippen LogP contribution in [-0.2, 0) is 22.6 Å². The average Bonchev–Trinajstić information content (AvgIpc) is 3.21. The van der Waals surface area contributed by atoms with Crippen molar-refractivity contribution in [2.24, 2.45) is 5.92 Å². The minimum absolute atomic E-state index is 0.0189.